The first-order valence-electron chi connectivity index (χ1n) is 8.80. The zero-order valence-corrected chi connectivity index (χ0v) is 14.3. The van der Waals surface area contributed by atoms with Gasteiger partial charge in [0.25, 0.3) is 5.88 Å². The SMILES string of the molecule is c1cc(CN2CCC(Oc3nccnc3N3CCOCC3)C2)ccn1. The number of hydrogen-bond acceptors (Lipinski definition) is 7. The lowest BCUT2D eigenvalue weighted by Crippen LogP contribution is -2.37. The van der Waals surface area contributed by atoms with Gasteiger partial charge in [0.05, 0.1) is 13.2 Å². The second-order valence-electron chi connectivity index (χ2n) is 6.40. The molecule has 0 amide bonds. The number of likely N-dealkylation sites (tertiary alicyclic amines) is 1. The Hall–Kier alpha value is -2.25. The Morgan fingerprint density at radius 1 is 1.04 bits per heavy atom. The molecule has 25 heavy (non-hydrogen) atoms. The fourth-order valence-corrected chi connectivity index (χ4v) is 3.33. The molecule has 7 heteroatoms. The molecule has 0 radical (unpaired) electrons. The van der Waals surface area contributed by atoms with Crippen LogP contribution in [0.3, 0.4) is 0 Å². The van der Waals surface area contributed by atoms with E-state index < -0.39 is 0 Å². The molecule has 2 fully saturated rings. The van der Waals surface area contributed by atoms with Gasteiger partial charge in [-0.15, -0.1) is 0 Å². The average Bonchev–Trinajstić information content (AvgIpc) is 3.10. The molecule has 0 saturated carbocycles. The molecule has 2 saturated heterocycles. The number of rotatable bonds is 5. The lowest BCUT2D eigenvalue weighted by molar-refractivity contribution is 0.121. The number of pyridine rings is 1. The second-order valence-corrected chi connectivity index (χ2v) is 6.40. The van der Waals surface area contributed by atoms with Crippen molar-refractivity contribution in [3.8, 4) is 5.88 Å². The Bertz CT molecular complexity index is 678. The van der Waals surface area contributed by atoms with Crippen molar-refractivity contribution in [1.29, 1.82) is 0 Å². The van der Waals surface area contributed by atoms with Gasteiger partial charge >= 0.3 is 0 Å². The monoisotopic (exact) mass is 341 g/mol. The molecule has 1 atom stereocenters. The molecule has 1 unspecified atom stereocenters. The van der Waals surface area contributed by atoms with Gasteiger partial charge in [-0.25, -0.2) is 9.97 Å². The van der Waals surface area contributed by atoms with Crippen LogP contribution in [0.1, 0.15) is 12.0 Å². The zero-order valence-electron chi connectivity index (χ0n) is 14.3. The van der Waals surface area contributed by atoms with Crippen LogP contribution >= 0.6 is 0 Å². The fourth-order valence-electron chi connectivity index (χ4n) is 3.33. The maximum atomic E-state index is 6.22. The van der Waals surface area contributed by atoms with E-state index in [1.165, 1.54) is 5.56 Å². The van der Waals surface area contributed by atoms with E-state index >= 15 is 0 Å². The molecule has 2 aromatic rings. The third kappa shape index (κ3) is 4.05. The van der Waals surface area contributed by atoms with Gasteiger partial charge in [-0.05, 0) is 24.1 Å². The molecule has 0 aliphatic carbocycles. The van der Waals surface area contributed by atoms with Gasteiger partial charge in [0.2, 0.25) is 0 Å². The number of hydrogen-bond donors (Lipinski definition) is 0. The molecule has 4 heterocycles. The summed E-state index contributed by atoms with van der Waals surface area (Å²) in [6.45, 7) is 5.96. The van der Waals surface area contributed by atoms with Crippen LogP contribution in [-0.2, 0) is 11.3 Å². The van der Waals surface area contributed by atoms with Crippen LogP contribution in [-0.4, -0.2) is 65.3 Å². The summed E-state index contributed by atoms with van der Waals surface area (Å²) in [5.74, 6) is 1.47. The summed E-state index contributed by atoms with van der Waals surface area (Å²) in [7, 11) is 0. The Labute approximate surface area is 147 Å². The molecule has 0 aromatic carbocycles. The summed E-state index contributed by atoms with van der Waals surface area (Å²) in [4.78, 5) is 17.6. The van der Waals surface area contributed by atoms with Crippen molar-refractivity contribution >= 4 is 5.82 Å². The summed E-state index contributed by atoms with van der Waals surface area (Å²) < 4.78 is 11.6. The van der Waals surface area contributed by atoms with Crippen LogP contribution in [0.4, 0.5) is 5.82 Å². The molecule has 2 aliphatic rings. The molecular weight excluding hydrogens is 318 g/mol. The van der Waals surface area contributed by atoms with E-state index in [9.17, 15) is 0 Å². The van der Waals surface area contributed by atoms with Crippen LogP contribution in [0, 0.1) is 0 Å². The normalized spacial score (nSPS) is 21.4. The van der Waals surface area contributed by atoms with Crippen molar-refractivity contribution < 1.29 is 9.47 Å². The molecule has 2 aliphatic heterocycles. The maximum Gasteiger partial charge on any atom is 0.257 e. The summed E-state index contributed by atoms with van der Waals surface area (Å²) in [5, 5.41) is 0. The van der Waals surface area contributed by atoms with Gasteiger partial charge in [0.15, 0.2) is 5.82 Å². The summed E-state index contributed by atoms with van der Waals surface area (Å²) in [6, 6.07) is 4.13. The minimum Gasteiger partial charge on any atom is -0.470 e. The van der Waals surface area contributed by atoms with Crippen LogP contribution in [0.5, 0.6) is 5.88 Å². The third-order valence-corrected chi connectivity index (χ3v) is 4.62. The standard InChI is InChI=1S/C18H23N5O2/c1-4-19-5-2-15(1)13-22-8-3-16(14-22)25-18-17(20-6-7-21-18)23-9-11-24-12-10-23/h1-2,4-7,16H,3,8-14H2. The minimum atomic E-state index is 0.151. The molecule has 4 rings (SSSR count). The van der Waals surface area contributed by atoms with Crippen LogP contribution in [0.2, 0.25) is 0 Å². The first kappa shape index (κ1) is 16.2. The van der Waals surface area contributed by atoms with Gasteiger partial charge in [-0.3, -0.25) is 9.88 Å². The predicted octanol–water partition coefficient (Wildman–Crippen LogP) is 1.36. The van der Waals surface area contributed by atoms with Crippen molar-refractivity contribution in [3.05, 3.63) is 42.5 Å². The van der Waals surface area contributed by atoms with Gasteiger partial charge < -0.3 is 14.4 Å². The number of aromatic nitrogens is 3. The Kier molecular flexibility index (Phi) is 5.03. The van der Waals surface area contributed by atoms with Gasteiger partial charge in [0.1, 0.15) is 6.10 Å². The van der Waals surface area contributed by atoms with E-state index in [2.05, 4.69) is 36.9 Å². The van der Waals surface area contributed by atoms with Gasteiger partial charge in [0, 0.05) is 57.5 Å². The lowest BCUT2D eigenvalue weighted by atomic mass is 10.2. The zero-order chi connectivity index (χ0) is 16.9. The fraction of sp³-hybridized carbons (Fsp3) is 0.500. The van der Waals surface area contributed by atoms with E-state index in [4.69, 9.17) is 9.47 Å². The minimum absolute atomic E-state index is 0.151. The maximum absolute atomic E-state index is 6.22. The molecule has 0 bridgehead atoms. The third-order valence-electron chi connectivity index (χ3n) is 4.62. The summed E-state index contributed by atoms with van der Waals surface area (Å²) >= 11 is 0. The highest BCUT2D eigenvalue weighted by molar-refractivity contribution is 5.48. The van der Waals surface area contributed by atoms with Crippen molar-refractivity contribution in [1.82, 2.24) is 19.9 Å². The Morgan fingerprint density at radius 3 is 2.68 bits per heavy atom. The molecule has 132 valence electrons. The number of morpholine rings is 1. The smallest absolute Gasteiger partial charge is 0.257 e. The number of nitrogens with zero attached hydrogens (tertiary/aromatic N) is 5. The van der Waals surface area contributed by atoms with Crippen LogP contribution in [0.15, 0.2) is 36.9 Å². The number of ether oxygens (including phenoxy) is 2. The van der Waals surface area contributed by atoms with E-state index in [0.717, 1.165) is 58.2 Å². The first-order valence-corrected chi connectivity index (χ1v) is 8.80. The second kappa shape index (κ2) is 7.76. The van der Waals surface area contributed by atoms with Crippen molar-refractivity contribution in [2.75, 3.05) is 44.3 Å². The summed E-state index contributed by atoms with van der Waals surface area (Å²) in [5.41, 5.74) is 1.28. The van der Waals surface area contributed by atoms with E-state index in [1.54, 1.807) is 12.4 Å². The van der Waals surface area contributed by atoms with Crippen molar-refractivity contribution in [2.24, 2.45) is 0 Å². The Morgan fingerprint density at radius 2 is 1.84 bits per heavy atom. The molecule has 0 N–H and O–H groups in total. The lowest BCUT2D eigenvalue weighted by Gasteiger charge is -2.29. The average molecular weight is 341 g/mol. The molecule has 7 nitrogen and oxygen atoms in total. The van der Waals surface area contributed by atoms with E-state index in [1.807, 2.05) is 12.4 Å². The summed E-state index contributed by atoms with van der Waals surface area (Å²) in [6.07, 6.45) is 8.26. The van der Waals surface area contributed by atoms with Crippen LogP contribution < -0.4 is 9.64 Å². The van der Waals surface area contributed by atoms with Gasteiger partial charge in [-0.2, -0.15) is 0 Å². The number of anilines is 1. The van der Waals surface area contributed by atoms with E-state index in [-0.39, 0.29) is 6.10 Å². The topological polar surface area (TPSA) is 63.6 Å². The van der Waals surface area contributed by atoms with E-state index in [0.29, 0.717) is 5.88 Å². The van der Waals surface area contributed by atoms with Crippen molar-refractivity contribution in [3.63, 3.8) is 0 Å². The first-order chi connectivity index (χ1) is 12.4. The van der Waals surface area contributed by atoms with Crippen molar-refractivity contribution in [2.45, 2.75) is 19.1 Å². The van der Waals surface area contributed by atoms with Gasteiger partial charge in [-0.1, -0.05) is 0 Å². The highest BCUT2D eigenvalue weighted by Gasteiger charge is 2.26. The highest BCUT2D eigenvalue weighted by Crippen LogP contribution is 2.26. The highest BCUT2D eigenvalue weighted by atomic mass is 16.5. The molecule has 2 aromatic heterocycles. The largest absolute Gasteiger partial charge is 0.470 e. The Balaban J connectivity index is 1.38. The molecular formula is C18H23N5O2. The van der Waals surface area contributed by atoms with Crippen LogP contribution in [0.25, 0.3) is 0 Å². The molecule has 0 spiro atoms. The quantitative estimate of drug-likeness (QED) is 0.814. The predicted molar refractivity (Wildman–Crippen MR) is 93.6 cm³/mol.